The number of rotatable bonds is 1. The van der Waals surface area contributed by atoms with E-state index in [0.717, 1.165) is 51.2 Å². The first-order valence-electron chi connectivity index (χ1n) is 8.35. The molecule has 3 rings (SSSR count). The van der Waals surface area contributed by atoms with E-state index >= 15 is 0 Å². The second kappa shape index (κ2) is 7.51. The molecule has 2 saturated heterocycles. The highest BCUT2D eigenvalue weighted by Gasteiger charge is 2.31. The maximum Gasteiger partial charge on any atom is 0.320 e. The van der Waals surface area contributed by atoms with Crippen LogP contribution in [0, 0.1) is 5.92 Å². The van der Waals surface area contributed by atoms with E-state index in [4.69, 9.17) is 4.52 Å². The molecule has 0 bridgehead atoms. The summed E-state index contributed by atoms with van der Waals surface area (Å²) in [6.45, 7) is 9.43. The van der Waals surface area contributed by atoms with Crippen LogP contribution in [0.2, 0.25) is 0 Å². The largest absolute Gasteiger partial charge is 0.383 e. The van der Waals surface area contributed by atoms with E-state index in [1.54, 1.807) is 0 Å². The van der Waals surface area contributed by atoms with E-state index < -0.39 is 0 Å². The molecule has 6 nitrogen and oxygen atoms in total. The zero-order valence-electron chi connectivity index (χ0n) is 13.8. The van der Waals surface area contributed by atoms with Crippen LogP contribution in [0.1, 0.15) is 51.7 Å². The molecule has 1 aromatic rings. The number of piperidine rings is 1. The Hall–Kier alpha value is -1.72. The normalized spacial score (nSPS) is 22.4. The molecule has 0 radical (unpaired) electrons. The third-order valence-corrected chi connectivity index (χ3v) is 4.41. The number of nitrogens with one attached hydrogen (secondary N) is 1. The fourth-order valence-electron chi connectivity index (χ4n) is 3.16. The predicted octanol–water partition coefficient (Wildman–Crippen LogP) is 2.64. The van der Waals surface area contributed by atoms with Crippen molar-refractivity contribution in [3.05, 3.63) is 22.2 Å². The van der Waals surface area contributed by atoms with Gasteiger partial charge in [0.15, 0.2) is 0 Å². The zero-order valence-corrected chi connectivity index (χ0v) is 13.8. The second-order valence-electron chi connectivity index (χ2n) is 6.00. The maximum absolute atomic E-state index is 12.4. The molecule has 2 aliphatic rings. The molecule has 1 aromatic heterocycles. The predicted molar refractivity (Wildman–Crippen MR) is 85.0 cm³/mol. The van der Waals surface area contributed by atoms with Crippen LogP contribution in [0.4, 0.5) is 4.79 Å². The highest BCUT2D eigenvalue weighted by molar-refractivity contribution is 5.74. The first-order chi connectivity index (χ1) is 10.6. The summed E-state index contributed by atoms with van der Waals surface area (Å²) < 4.78 is 5.16. The summed E-state index contributed by atoms with van der Waals surface area (Å²) in [5, 5.41) is 2.33. The number of carbonyl (C=O) groups is 1. The Morgan fingerprint density at radius 3 is 2.32 bits per heavy atom. The van der Waals surface area contributed by atoms with Crippen molar-refractivity contribution in [2.24, 2.45) is 5.92 Å². The number of amides is 2. The minimum Gasteiger partial charge on any atom is -0.383 e. The standard InChI is InChI=1S/C14H21N3O3.C2H6/c1-10-2-5-17(9-10)14(19)16-6-3-11(4-7-16)12-8-13(18)15-20-12;1-2/h8,10-11H,2-7,9H2,1H3,(H,15,18);1-2H3. The molecule has 6 heteroatoms. The summed E-state index contributed by atoms with van der Waals surface area (Å²) in [4.78, 5) is 27.3. The molecule has 1 atom stereocenters. The van der Waals surface area contributed by atoms with Crippen molar-refractivity contribution >= 4 is 6.03 Å². The van der Waals surface area contributed by atoms with Gasteiger partial charge >= 0.3 is 6.03 Å². The SMILES string of the molecule is CC.CC1CCN(C(=O)N2CCC(c3cc(=O)[nH]o3)CC2)C1. The van der Waals surface area contributed by atoms with E-state index in [1.165, 1.54) is 6.07 Å². The minimum absolute atomic E-state index is 0.170. The number of aromatic amines is 1. The lowest BCUT2D eigenvalue weighted by Gasteiger charge is -2.33. The molecular formula is C16H27N3O3. The van der Waals surface area contributed by atoms with Crippen molar-refractivity contribution in [3.8, 4) is 0 Å². The van der Waals surface area contributed by atoms with Gasteiger partial charge < -0.3 is 14.3 Å². The molecule has 2 amide bonds. The molecule has 0 aliphatic carbocycles. The number of likely N-dealkylation sites (tertiary alicyclic amines) is 2. The van der Waals surface area contributed by atoms with Gasteiger partial charge in [0.2, 0.25) is 0 Å². The van der Waals surface area contributed by atoms with Gasteiger partial charge in [-0.15, -0.1) is 0 Å². The van der Waals surface area contributed by atoms with E-state index in [1.807, 2.05) is 23.6 Å². The maximum atomic E-state index is 12.4. The number of hydrogen-bond acceptors (Lipinski definition) is 3. The van der Waals surface area contributed by atoms with E-state index in [9.17, 15) is 9.59 Å². The first kappa shape index (κ1) is 16.6. The second-order valence-corrected chi connectivity index (χ2v) is 6.00. The van der Waals surface area contributed by atoms with Crippen LogP contribution in [0.5, 0.6) is 0 Å². The Balaban J connectivity index is 0.000000847. The molecule has 1 unspecified atom stereocenters. The summed E-state index contributed by atoms with van der Waals surface area (Å²) in [6, 6.07) is 1.69. The smallest absolute Gasteiger partial charge is 0.320 e. The lowest BCUT2D eigenvalue weighted by atomic mass is 9.94. The average Bonchev–Trinajstić information content (AvgIpc) is 3.17. The van der Waals surface area contributed by atoms with Gasteiger partial charge in [-0.2, -0.15) is 5.16 Å². The number of urea groups is 1. The van der Waals surface area contributed by atoms with E-state index in [-0.39, 0.29) is 17.5 Å². The van der Waals surface area contributed by atoms with Crippen molar-refractivity contribution in [1.29, 1.82) is 0 Å². The topological polar surface area (TPSA) is 69.6 Å². The van der Waals surface area contributed by atoms with Crippen LogP contribution in [-0.2, 0) is 0 Å². The zero-order chi connectivity index (χ0) is 16.1. The van der Waals surface area contributed by atoms with Crippen LogP contribution in [-0.4, -0.2) is 47.2 Å². The van der Waals surface area contributed by atoms with Gasteiger partial charge in [-0.3, -0.25) is 4.79 Å². The first-order valence-corrected chi connectivity index (χ1v) is 8.35. The number of hydrogen-bond donors (Lipinski definition) is 1. The van der Waals surface area contributed by atoms with Crippen molar-refractivity contribution in [1.82, 2.24) is 15.0 Å². The Morgan fingerprint density at radius 1 is 1.18 bits per heavy atom. The van der Waals surface area contributed by atoms with Gasteiger partial charge in [0.05, 0.1) is 0 Å². The fraction of sp³-hybridized carbons (Fsp3) is 0.750. The lowest BCUT2D eigenvalue weighted by Crippen LogP contribution is -2.45. The summed E-state index contributed by atoms with van der Waals surface area (Å²) in [6.07, 6.45) is 2.82. The van der Waals surface area contributed by atoms with Gasteiger partial charge in [-0.05, 0) is 25.2 Å². The third kappa shape index (κ3) is 3.72. The minimum atomic E-state index is -0.190. The summed E-state index contributed by atoms with van der Waals surface area (Å²) in [7, 11) is 0. The van der Waals surface area contributed by atoms with Gasteiger partial charge in [0.1, 0.15) is 5.76 Å². The number of nitrogens with zero attached hydrogens (tertiary/aromatic N) is 2. The Labute approximate surface area is 131 Å². The van der Waals surface area contributed by atoms with Gasteiger partial charge in [-0.1, -0.05) is 20.8 Å². The van der Waals surface area contributed by atoms with Crippen LogP contribution in [0.15, 0.2) is 15.4 Å². The van der Waals surface area contributed by atoms with Crippen molar-refractivity contribution < 1.29 is 9.32 Å². The van der Waals surface area contributed by atoms with E-state index in [2.05, 4.69) is 12.1 Å². The van der Waals surface area contributed by atoms with Crippen molar-refractivity contribution in [2.45, 2.75) is 46.0 Å². The van der Waals surface area contributed by atoms with Crippen molar-refractivity contribution in [3.63, 3.8) is 0 Å². The molecule has 3 heterocycles. The van der Waals surface area contributed by atoms with Crippen LogP contribution in [0.25, 0.3) is 0 Å². The molecule has 2 fully saturated rings. The number of aromatic nitrogens is 1. The molecule has 2 aliphatic heterocycles. The third-order valence-electron chi connectivity index (χ3n) is 4.41. The van der Waals surface area contributed by atoms with Crippen molar-refractivity contribution in [2.75, 3.05) is 26.2 Å². The lowest BCUT2D eigenvalue weighted by molar-refractivity contribution is 0.144. The molecule has 0 saturated carbocycles. The quantitative estimate of drug-likeness (QED) is 0.867. The van der Waals surface area contributed by atoms with Gasteiger partial charge in [0, 0.05) is 38.2 Å². The highest BCUT2D eigenvalue weighted by Crippen LogP contribution is 2.28. The van der Waals surface area contributed by atoms with Crippen LogP contribution >= 0.6 is 0 Å². The molecule has 1 N–H and O–H groups in total. The Morgan fingerprint density at radius 2 is 1.82 bits per heavy atom. The molecule has 0 spiro atoms. The van der Waals surface area contributed by atoms with Gasteiger partial charge in [0.25, 0.3) is 5.56 Å². The Bertz CT molecular complexity index is 529. The van der Waals surface area contributed by atoms with E-state index in [0.29, 0.717) is 5.92 Å². The highest BCUT2D eigenvalue weighted by atomic mass is 16.5. The average molecular weight is 309 g/mol. The monoisotopic (exact) mass is 309 g/mol. The molecule has 124 valence electrons. The van der Waals surface area contributed by atoms with Crippen LogP contribution < -0.4 is 5.56 Å². The van der Waals surface area contributed by atoms with Gasteiger partial charge in [-0.25, -0.2) is 4.79 Å². The number of H-pyrrole nitrogens is 1. The molecular weight excluding hydrogens is 282 g/mol. The van der Waals surface area contributed by atoms with Crippen LogP contribution in [0.3, 0.4) is 0 Å². The fourth-order valence-corrected chi connectivity index (χ4v) is 3.16. The summed E-state index contributed by atoms with van der Waals surface area (Å²) >= 11 is 0. The summed E-state index contributed by atoms with van der Waals surface area (Å²) in [5.74, 6) is 1.58. The summed E-state index contributed by atoms with van der Waals surface area (Å²) in [5.41, 5.74) is -0.190. The number of carbonyl (C=O) groups excluding carboxylic acids is 1. The molecule has 0 aromatic carbocycles. The molecule has 22 heavy (non-hydrogen) atoms. The Kier molecular flexibility index (Phi) is 5.69.